The molecule has 1 N–H and O–H groups in total. The number of hydrogen-bond acceptors (Lipinski definition) is 6. The molecular weight excluding hydrogens is 316 g/mol. The number of fused-ring (bicyclic) bond motifs is 1. The van der Waals surface area contributed by atoms with Crippen molar-refractivity contribution in [2.75, 3.05) is 49.2 Å². The molecule has 6 heteroatoms. The Balaban J connectivity index is 1.74. The zero-order chi connectivity index (χ0) is 17.2. The molecule has 0 saturated carbocycles. The van der Waals surface area contributed by atoms with Gasteiger partial charge in [-0.05, 0) is 31.9 Å². The fourth-order valence-corrected chi connectivity index (χ4v) is 3.78. The van der Waals surface area contributed by atoms with E-state index in [1.165, 1.54) is 0 Å². The maximum Gasteiger partial charge on any atom is 0.172 e. The first kappa shape index (κ1) is 16.5. The number of aliphatic hydroxyl groups excluding tert-OH is 1. The van der Waals surface area contributed by atoms with Gasteiger partial charge in [0.05, 0.1) is 30.4 Å². The number of anilines is 2. The summed E-state index contributed by atoms with van der Waals surface area (Å²) in [4.78, 5) is 14.5. The first-order valence-electron chi connectivity index (χ1n) is 9.25. The summed E-state index contributed by atoms with van der Waals surface area (Å²) < 4.78 is 5.51. The van der Waals surface area contributed by atoms with Crippen LogP contribution < -0.4 is 9.80 Å². The van der Waals surface area contributed by atoms with Crippen molar-refractivity contribution in [3.63, 3.8) is 0 Å². The van der Waals surface area contributed by atoms with Crippen LogP contribution in [0.1, 0.15) is 19.8 Å². The Kier molecular flexibility index (Phi) is 4.72. The molecule has 0 bridgehead atoms. The molecule has 2 aromatic rings. The Morgan fingerprint density at radius 1 is 1.04 bits per heavy atom. The van der Waals surface area contributed by atoms with Crippen LogP contribution in [0, 0.1) is 5.92 Å². The second-order valence-corrected chi connectivity index (χ2v) is 7.05. The Labute approximate surface area is 148 Å². The van der Waals surface area contributed by atoms with E-state index in [4.69, 9.17) is 14.7 Å². The third-order valence-electron chi connectivity index (χ3n) is 5.28. The molecule has 0 aliphatic carbocycles. The van der Waals surface area contributed by atoms with Crippen molar-refractivity contribution in [2.24, 2.45) is 5.92 Å². The average molecular weight is 342 g/mol. The monoisotopic (exact) mass is 342 g/mol. The molecule has 3 heterocycles. The maximum absolute atomic E-state index is 10.0. The molecule has 6 nitrogen and oxygen atoms in total. The molecule has 0 amide bonds. The summed E-state index contributed by atoms with van der Waals surface area (Å²) in [6.45, 7) is 6.83. The molecule has 0 spiro atoms. The van der Waals surface area contributed by atoms with Crippen molar-refractivity contribution in [1.82, 2.24) is 9.97 Å². The molecule has 1 aromatic heterocycles. The predicted molar refractivity (Wildman–Crippen MR) is 99.2 cm³/mol. The zero-order valence-electron chi connectivity index (χ0n) is 14.8. The fraction of sp³-hybridized carbons (Fsp3) is 0.579. The van der Waals surface area contributed by atoms with Crippen LogP contribution in [-0.2, 0) is 4.74 Å². The average Bonchev–Trinajstić information content (AvgIpc) is 2.67. The molecule has 0 radical (unpaired) electrons. The summed E-state index contributed by atoms with van der Waals surface area (Å²) in [5.74, 6) is 2.19. The molecule has 2 saturated heterocycles. The third-order valence-corrected chi connectivity index (χ3v) is 5.28. The minimum Gasteiger partial charge on any atom is -0.393 e. The van der Waals surface area contributed by atoms with E-state index in [-0.39, 0.29) is 6.10 Å². The van der Waals surface area contributed by atoms with Crippen LogP contribution in [0.15, 0.2) is 24.3 Å². The van der Waals surface area contributed by atoms with Gasteiger partial charge < -0.3 is 19.6 Å². The molecule has 2 unspecified atom stereocenters. The number of aromatic nitrogens is 2. The Morgan fingerprint density at radius 3 is 2.32 bits per heavy atom. The SMILES string of the molecule is CC(O)C1CCCN(c2nc3ccccc3nc2N2CCOCC2)C1. The standard InChI is InChI=1S/C19H26N4O2/c1-14(24)15-5-4-8-23(13-15)19-18(22-9-11-25-12-10-22)20-16-6-2-3-7-17(16)21-19/h2-3,6-7,14-15,24H,4-5,8-13H2,1H3. The van der Waals surface area contributed by atoms with E-state index in [0.717, 1.165) is 74.9 Å². The number of aliphatic hydroxyl groups is 1. The van der Waals surface area contributed by atoms with Gasteiger partial charge in [-0.25, -0.2) is 9.97 Å². The number of para-hydroxylation sites is 2. The third kappa shape index (κ3) is 3.41. The lowest BCUT2D eigenvalue weighted by Crippen LogP contribution is -2.42. The second-order valence-electron chi connectivity index (χ2n) is 7.05. The van der Waals surface area contributed by atoms with Gasteiger partial charge in [0.1, 0.15) is 0 Å². The zero-order valence-corrected chi connectivity index (χ0v) is 14.8. The highest BCUT2D eigenvalue weighted by Gasteiger charge is 2.28. The Bertz CT molecular complexity index is 730. The largest absolute Gasteiger partial charge is 0.393 e. The lowest BCUT2D eigenvalue weighted by atomic mass is 9.93. The summed E-state index contributed by atoms with van der Waals surface area (Å²) in [6.07, 6.45) is 1.86. The lowest BCUT2D eigenvalue weighted by molar-refractivity contribution is 0.114. The molecule has 2 aliphatic heterocycles. The van der Waals surface area contributed by atoms with Gasteiger partial charge in [0.2, 0.25) is 0 Å². The number of piperidine rings is 1. The van der Waals surface area contributed by atoms with Crippen molar-refractivity contribution in [1.29, 1.82) is 0 Å². The topological polar surface area (TPSA) is 61.7 Å². The number of rotatable bonds is 3. The minimum atomic E-state index is -0.289. The van der Waals surface area contributed by atoms with E-state index >= 15 is 0 Å². The summed E-state index contributed by atoms with van der Waals surface area (Å²) in [7, 11) is 0. The van der Waals surface area contributed by atoms with Crippen LogP contribution in [-0.4, -0.2) is 60.6 Å². The summed E-state index contributed by atoms with van der Waals surface area (Å²) >= 11 is 0. The van der Waals surface area contributed by atoms with Gasteiger partial charge in [0.25, 0.3) is 0 Å². The van der Waals surface area contributed by atoms with Gasteiger partial charge in [-0.1, -0.05) is 12.1 Å². The van der Waals surface area contributed by atoms with Gasteiger partial charge in [-0.2, -0.15) is 0 Å². The molecule has 2 atom stereocenters. The minimum absolute atomic E-state index is 0.289. The molecule has 4 rings (SSSR count). The number of hydrogen-bond donors (Lipinski definition) is 1. The maximum atomic E-state index is 10.0. The van der Waals surface area contributed by atoms with Crippen molar-refractivity contribution in [3.8, 4) is 0 Å². The van der Waals surface area contributed by atoms with Crippen LogP contribution in [0.25, 0.3) is 11.0 Å². The van der Waals surface area contributed by atoms with Crippen LogP contribution in [0.5, 0.6) is 0 Å². The van der Waals surface area contributed by atoms with Gasteiger partial charge in [0, 0.05) is 32.1 Å². The van der Waals surface area contributed by atoms with E-state index < -0.39 is 0 Å². The lowest BCUT2D eigenvalue weighted by Gasteiger charge is -2.37. The highest BCUT2D eigenvalue weighted by atomic mass is 16.5. The number of morpholine rings is 1. The summed E-state index contributed by atoms with van der Waals surface area (Å²) in [5.41, 5.74) is 1.85. The molecule has 2 fully saturated rings. The fourth-order valence-electron chi connectivity index (χ4n) is 3.78. The number of ether oxygens (including phenoxy) is 1. The van der Waals surface area contributed by atoms with Gasteiger partial charge in [0.15, 0.2) is 11.6 Å². The van der Waals surface area contributed by atoms with E-state index in [9.17, 15) is 5.11 Å². The smallest absolute Gasteiger partial charge is 0.172 e. The van der Waals surface area contributed by atoms with Gasteiger partial charge >= 0.3 is 0 Å². The molecule has 1 aromatic carbocycles. The predicted octanol–water partition coefficient (Wildman–Crippen LogP) is 2.06. The number of nitrogens with zero attached hydrogens (tertiary/aromatic N) is 4. The first-order chi connectivity index (χ1) is 12.2. The van der Waals surface area contributed by atoms with Crippen LogP contribution in [0.2, 0.25) is 0 Å². The highest BCUT2D eigenvalue weighted by molar-refractivity contribution is 5.81. The van der Waals surface area contributed by atoms with Crippen molar-refractivity contribution in [3.05, 3.63) is 24.3 Å². The van der Waals surface area contributed by atoms with E-state index in [0.29, 0.717) is 5.92 Å². The van der Waals surface area contributed by atoms with Crippen molar-refractivity contribution < 1.29 is 9.84 Å². The van der Waals surface area contributed by atoms with Gasteiger partial charge in [-0.15, -0.1) is 0 Å². The molecule has 134 valence electrons. The van der Waals surface area contributed by atoms with E-state index in [1.807, 2.05) is 31.2 Å². The van der Waals surface area contributed by atoms with Crippen molar-refractivity contribution in [2.45, 2.75) is 25.9 Å². The van der Waals surface area contributed by atoms with Gasteiger partial charge in [-0.3, -0.25) is 0 Å². The van der Waals surface area contributed by atoms with E-state index in [2.05, 4.69) is 9.80 Å². The summed E-state index contributed by atoms with van der Waals surface area (Å²) in [6, 6.07) is 8.05. The molecular formula is C19H26N4O2. The normalized spacial score (nSPS) is 23.0. The Morgan fingerprint density at radius 2 is 1.68 bits per heavy atom. The summed E-state index contributed by atoms with van der Waals surface area (Å²) in [5, 5.41) is 10.0. The molecule has 25 heavy (non-hydrogen) atoms. The second kappa shape index (κ2) is 7.14. The van der Waals surface area contributed by atoms with E-state index in [1.54, 1.807) is 0 Å². The molecule has 2 aliphatic rings. The quantitative estimate of drug-likeness (QED) is 0.921. The Hall–Kier alpha value is -1.92. The van der Waals surface area contributed by atoms with Crippen LogP contribution in [0.4, 0.5) is 11.6 Å². The van der Waals surface area contributed by atoms with Crippen molar-refractivity contribution >= 4 is 22.7 Å². The first-order valence-corrected chi connectivity index (χ1v) is 9.25. The highest BCUT2D eigenvalue weighted by Crippen LogP contribution is 2.32. The van der Waals surface area contributed by atoms with Crippen LogP contribution >= 0.6 is 0 Å². The van der Waals surface area contributed by atoms with Crippen LogP contribution in [0.3, 0.4) is 0 Å². The number of benzene rings is 1.